The Labute approximate surface area is 217 Å². The Balaban J connectivity index is 1.28. The second kappa shape index (κ2) is 8.61. The molecule has 0 radical (unpaired) electrons. The number of hydrogen-bond donors (Lipinski definition) is 1. The van der Waals surface area contributed by atoms with Crippen LogP contribution in [0.5, 0.6) is 0 Å². The van der Waals surface area contributed by atoms with E-state index in [0.29, 0.717) is 28.2 Å². The molecule has 2 heterocycles. The van der Waals surface area contributed by atoms with E-state index in [4.69, 9.17) is 11.0 Å². The number of nitrogens with one attached hydrogen (secondary N) is 1. The minimum Gasteiger partial charge on any atom is -0.437 e. The Hall–Kier alpha value is -5.41. The second-order valence-corrected chi connectivity index (χ2v) is 8.99. The molecule has 0 amide bonds. The summed E-state index contributed by atoms with van der Waals surface area (Å²) in [7, 11) is 0. The number of anilines is 2. The Bertz CT molecular complexity index is 2030. The Kier molecular flexibility index (Phi) is 4.95. The van der Waals surface area contributed by atoms with Crippen LogP contribution in [0.4, 0.5) is 21.5 Å². The minimum absolute atomic E-state index is 0.264. The lowest BCUT2D eigenvalue weighted by Gasteiger charge is -2.15. The van der Waals surface area contributed by atoms with Gasteiger partial charge in [0.2, 0.25) is 5.89 Å². The van der Waals surface area contributed by atoms with Crippen molar-refractivity contribution in [1.29, 1.82) is 0 Å². The van der Waals surface area contributed by atoms with Gasteiger partial charge >= 0.3 is 0 Å². The van der Waals surface area contributed by atoms with E-state index < -0.39 is 0 Å². The molecule has 38 heavy (non-hydrogen) atoms. The van der Waals surface area contributed by atoms with Crippen molar-refractivity contribution in [3.63, 3.8) is 0 Å². The molecular weight excluding hydrogens is 475 g/mol. The molecule has 0 spiro atoms. The lowest BCUT2D eigenvalue weighted by molar-refractivity contribution is 0.620. The molecule has 6 heteroatoms. The van der Waals surface area contributed by atoms with Crippen LogP contribution in [-0.2, 0) is 0 Å². The Morgan fingerprint density at radius 2 is 1.61 bits per heavy atom. The number of benzene rings is 5. The molecule has 0 bridgehead atoms. The van der Waals surface area contributed by atoms with Gasteiger partial charge in [0.05, 0.1) is 29.0 Å². The van der Waals surface area contributed by atoms with E-state index in [9.17, 15) is 0 Å². The van der Waals surface area contributed by atoms with Crippen LogP contribution < -0.4 is 5.32 Å². The average molecular weight is 495 g/mol. The summed E-state index contributed by atoms with van der Waals surface area (Å²) >= 11 is 0. The zero-order valence-corrected chi connectivity index (χ0v) is 20.0. The van der Waals surface area contributed by atoms with Crippen molar-refractivity contribution >= 4 is 50.0 Å². The molecular formula is C32H19FN4O. The van der Waals surface area contributed by atoms with E-state index in [1.165, 1.54) is 6.07 Å². The van der Waals surface area contributed by atoms with Gasteiger partial charge in [-0.15, -0.1) is 0 Å². The molecule has 0 atom stereocenters. The number of nitrogens with zero attached hydrogens (tertiary/aromatic N) is 3. The first-order valence-corrected chi connectivity index (χ1v) is 12.1. The maximum atomic E-state index is 15.2. The van der Waals surface area contributed by atoms with Crippen molar-refractivity contribution in [1.82, 2.24) is 9.55 Å². The quantitative estimate of drug-likeness (QED) is 0.248. The number of aromatic nitrogens is 2. The highest BCUT2D eigenvalue weighted by Gasteiger charge is 2.17. The summed E-state index contributed by atoms with van der Waals surface area (Å²) in [6.07, 6.45) is 0. The average Bonchev–Trinajstić information content (AvgIpc) is 3.53. The molecule has 0 unspecified atom stereocenters. The summed E-state index contributed by atoms with van der Waals surface area (Å²) in [5, 5.41) is 5.38. The van der Waals surface area contributed by atoms with Crippen molar-refractivity contribution in [3.05, 3.63) is 126 Å². The van der Waals surface area contributed by atoms with E-state index in [-0.39, 0.29) is 5.82 Å². The van der Waals surface area contributed by atoms with Gasteiger partial charge in [-0.3, -0.25) is 0 Å². The number of hydrogen-bond acceptors (Lipinski definition) is 3. The normalized spacial score (nSPS) is 11.3. The second-order valence-electron chi connectivity index (χ2n) is 8.99. The fourth-order valence-corrected chi connectivity index (χ4v) is 4.96. The molecule has 0 saturated carbocycles. The van der Waals surface area contributed by atoms with Crippen LogP contribution >= 0.6 is 0 Å². The zero-order chi connectivity index (χ0) is 25.6. The SMILES string of the molecule is [C-]#[N+]c1ccc2nc(-c3ccc(Nc4ccccc4-n4c5ccccc5c5cccc(F)c54)cc3)oc2c1. The lowest BCUT2D eigenvalue weighted by Crippen LogP contribution is -2.01. The van der Waals surface area contributed by atoms with Crippen molar-refractivity contribution in [2.24, 2.45) is 0 Å². The largest absolute Gasteiger partial charge is 0.437 e. The summed E-state index contributed by atoms with van der Waals surface area (Å²) in [4.78, 5) is 8.01. The van der Waals surface area contributed by atoms with Gasteiger partial charge in [-0.1, -0.05) is 48.5 Å². The third-order valence-corrected chi connectivity index (χ3v) is 6.70. The van der Waals surface area contributed by atoms with Crippen molar-refractivity contribution in [2.45, 2.75) is 0 Å². The number of oxazole rings is 1. The van der Waals surface area contributed by atoms with Crippen LogP contribution in [0.1, 0.15) is 0 Å². The predicted octanol–water partition coefficient (Wildman–Crippen LogP) is 9.03. The van der Waals surface area contributed by atoms with Crippen LogP contribution in [0.25, 0.3) is 54.9 Å². The third-order valence-electron chi connectivity index (χ3n) is 6.70. The van der Waals surface area contributed by atoms with Crippen molar-refractivity contribution < 1.29 is 8.81 Å². The number of para-hydroxylation sites is 4. The topological polar surface area (TPSA) is 47.4 Å². The van der Waals surface area contributed by atoms with Crippen LogP contribution in [-0.4, -0.2) is 9.55 Å². The molecule has 0 aliphatic heterocycles. The van der Waals surface area contributed by atoms with Crippen molar-refractivity contribution in [2.75, 3.05) is 5.32 Å². The molecule has 180 valence electrons. The van der Waals surface area contributed by atoms with Gasteiger partial charge in [0.1, 0.15) is 16.9 Å². The van der Waals surface area contributed by atoms with Crippen LogP contribution in [0.2, 0.25) is 0 Å². The summed E-state index contributed by atoms with van der Waals surface area (Å²) in [5.74, 6) is 0.231. The number of fused-ring (bicyclic) bond motifs is 4. The summed E-state index contributed by atoms with van der Waals surface area (Å²) in [6, 6.07) is 34.1. The highest BCUT2D eigenvalue weighted by atomic mass is 19.1. The Morgan fingerprint density at radius 3 is 2.47 bits per heavy atom. The molecule has 5 nitrogen and oxygen atoms in total. The number of rotatable bonds is 4. The molecule has 0 aliphatic carbocycles. The highest BCUT2D eigenvalue weighted by molar-refractivity contribution is 6.09. The first-order valence-electron chi connectivity index (χ1n) is 12.1. The van der Waals surface area contributed by atoms with E-state index in [1.807, 2.05) is 83.4 Å². The van der Waals surface area contributed by atoms with Gasteiger partial charge in [-0.2, -0.15) is 0 Å². The monoisotopic (exact) mass is 494 g/mol. The molecule has 0 aliphatic rings. The Morgan fingerprint density at radius 1 is 0.816 bits per heavy atom. The van der Waals surface area contributed by atoms with Gasteiger partial charge < -0.3 is 14.3 Å². The molecule has 1 N–H and O–H groups in total. The van der Waals surface area contributed by atoms with Gasteiger partial charge in [-0.25, -0.2) is 14.2 Å². The van der Waals surface area contributed by atoms with E-state index in [1.54, 1.807) is 24.3 Å². The molecule has 7 rings (SSSR count). The first kappa shape index (κ1) is 21.8. The van der Waals surface area contributed by atoms with Gasteiger partial charge in [0.15, 0.2) is 5.69 Å². The van der Waals surface area contributed by atoms with Crippen LogP contribution in [0, 0.1) is 12.4 Å². The van der Waals surface area contributed by atoms with Gasteiger partial charge in [0, 0.05) is 22.0 Å². The van der Waals surface area contributed by atoms with E-state index in [2.05, 4.69) is 15.1 Å². The van der Waals surface area contributed by atoms with Crippen LogP contribution in [0.3, 0.4) is 0 Å². The van der Waals surface area contributed by atoms with Gasteiger partial charge in [0.25, 0.3) is 0 Å². The fourth-order valence-electron chi connectivity index (χ4n) is 4.96. The highest BCUT2D eigenvalue weighted by Crippen LogP contribution is 2.36. The smallest absolute Gasteiger partial charge is 0.227 e. The standard InChI is InChI=1S/C32H19FN4O/c1-34-22-17-18-27-30(19-22)38-32(36-27)20-13-15-21(16-14-20)35-26-10-3-5-12-29(26)37-28-11-4-2-7-23(28)24-8-6-9-25(33)31(24)37/h2-19,35H. The van der Waals surface area contributed by atoms with Gasteiger partial charge in [-0.05, 0) is 60.7 Å². The molecule has 0 fully saturated rings. The van der Waals surface area contributed by atoms with E-state index >= 15 is 4.39 Å². The van der Waals surface area contributed by atoms with E-state index in [0.717, 1.165) is 38.9 Å². The molecule has 2 aromatic heterocycles. The van der Waals surface area contributed by atoms with Crippen LogP contribution in [0.15, 0.2) is 114 Å². The zero-order valence-electron chi connectivity index (χ0n) is 20.0. The maximum Gasteiger partial charge on any atom is 0.227 e. The summed E-state index contributed by atoms with van der Waals surface area (Å²) < 4.78 is 23.1. The lowest BCUT2D eigenvalue weighted by atomic mass is 10.1. The minimum atomic E-state index is -0.264. The summed E-state index contributed by atoms with van der Waals surface area (Å²) in [5.41, 5.74) is 6.70. The molecule has 7 aromatic rings. The predicted molar refractivity (Wildman–Crippen MR) is 150 cm³/mol. The molecule has 5 aromatic carbocycles. The molecule has 0 saturated heterocycles. The van der Waals surface area contributed by atoms with Crippen molar-refractivity contribution in [3.8, 4) is 17.1 Å². The number of halogens is 1. The first-order chi connectivity index (χ1) is 18.7. The summed E-state index contributed by atoms with van der Waals surface area (Å²) in [6.45, 7) is 7.19. The fraction of sp³-hybridized carbons (Fsp3) is 0. The third kappa shape index (κ3) is 3.49. The maximum absolute atomic E-state index is 15.2.